The third kappa shape index (κ3) is 1.29. The van der Waals surface area contributed by atoms with Gasteiger partial charge in [-0.15, -0.1) is 0 Å². The Morgan fingerprint density at radius 3 is 3.00 bits per heavy atom. The highest BCUT2D eigenvalue weighted by Gasteiger charge is 2.02. The number of aliphatic hydroxyl groups is 1. The van der Waals surface area contributed by atoms with Crippen LogP contribution in [0, 0.1) is 0 Å². The van der Waals surface area contributed by atoms with Crippen LogP contribution in [-0.2, 0) is 13.5 Å². The van der Waals surface area contributed by atoms with Gasteiger partial charge in [0.2, 0.25) is 0 Å². The van der Waals surface area contributed by atoms with Gasteiger partial charge in [-0.3, -0.25) is 0 Å². The second-order valence-corrected chi connectivity index (χ2v) is 1.99. The summed E-state index contributed by atoms with van der Waals surface area (Å²) >= 11 is 0. The summed E-state index contributed by atoms with van der Waals surface area (Å²) in [6.45, 7) is 0.203. The first-order valence-corrected chi connectivity index (χ1v) is 2.97. The van der Waals surface area contributed by atoms with E-state index in [0.29, 0.717) is 6.42 Å². The first-order chi connectivity index (χ1) is 4.34. The SMILES string of the molecule is C[n+]1cc[nH]c1CCO. The number of rotatable bonds is 2. The molecule has 1 rings (SSSR count). The molecule has 0 aliphatic carbocycles. The molecule has 1 aromatic rings. The zero-order valence-electron chi connectivity index (χ0n) is 5.46. The Balaban J connectivity index is 2.69. The van der Waals surface area contributed by atoms with E-state index in [1.807, 2.05) is 24.0 Å². The van der Waals surface area contributed by atoms with Crippen molar-refractivity contribution < 1.29 is 9.67 Å². The highest BCUT2D eigenvalue weighted by Crippen LogP contribution is 1.83. The van der Waals surface area contributed by atoms with Gasteiger partial charge >= 0.3 is 0 Å². The highest BCUT2D eigenvalue weighted by atomic mass is 16.3. The standard InChI is InChI=1S/C6H10N2O/c1-8-4-3-7-6(8)2-5-9/h3-4,9H,2,5H2,1H3/p+1. The maximum atomic E-state index is 8.53. The number of aromatic amines is 1. The molecule has 0 aliphatic rings. The summed E-state index contributed by atoms with van der Waals surface area (Å²) in [7, 11) is 1.95. The van der Waals surface area contributed by atoms with Gasteiger partial charge in [0, 0.05) is 0 Å². The molecule has 2 N–H and O–H groups in total. The van der Waals surface area contributed by atoms with Crippen LogP contribution in [0.15, 0.2) is 12.4 Å². The van der Waals surface area contributed by atoms with Crippen LogP contribution in [0.5, 0.6) is 0 Å². The summed E-state index contributed by atoms with van der Waals surface area (Å²) in [5.41, 5.74) is 0. The molecule has 0 saturated carbocycles. The first-order valence-electron chi connectivity index (χ1n) is 2.97. The zero-order chi connectivity index (χ0) is 6.69. The Bertz CT molecular complexity index is 183. The van der Waals surface area contributed by atoms with Gasteiger partial charge < -0.3 is 5.11 Å². The lowest BCUT2D eigenvalue weighted by Gasteiger charge is -1.87. The van der Waals surface area contributed by atoms with Crippen molar-refractivity contribution in [1.82, 2.24) is 4.98 Å². The van der Waals surface area contributed by atoms with Gasteiger partial charge in [0.05, 0.1) is 20.1 Å². The highest BCUT2D eigenvalue weighted by molar-refractivity contribution is 4.76. The molecule has 0 aromatic carbocycles. The maximum absolute atomic E-state index is 8.53. The molecule has 50 valence electrons. The Hall–Kier alpha value is -0.830. The van der Waals surface area contributed by atoms with E-state index in [0.717, 1.165) is 5.82 Å². The minimum absolute atomic E-state index is 0.203. The number of nitrogens with one attached hydrogen (secondary N) is 1. The van der Waals surface area contributed by atoms with E-state index in [4.69, 9.17) is 5.11 Å². The summed E-state index contributed by atoms with van der Waals surface area (Å²) in [5, 5.41) is 8.53. The number of imidazole rings is 1. The molecule has 0 fully saturated rings. The smallest absolute Gasteiger partial charge is 0.256 e. The lowest BCUT2D eigenvalue weighted by atomic mass is 10.4. The molecule has 0 unspecified atom stereocenters. The minimum Gasteiger partial charge on any atom is -0.396 e. The van der Waals surface area contributed by atoms with Crippen molar-refractivity contribution in [2.24, 2.45) is 7.05 Å². The molecule has 9 heavy (non-hydrogen) atoms. The Labute approximate surface area is 54.0 Å². The maximum Gasteiger partial charge on any atom is 0.256 e. The molecular weight excluding hydrogens is 116 g/mol. The van der Waals surface area contributed by atoms with Crippen LogP contribution in [0.2, 0.25) is 0 Å². The van der Waals surface area contributed by atoms with Crippen molar-refractivity contribution in [3.8, 4) is 0 Å². The Morgan fingerprint density at radius 1 is 1.78 bits per heavy atom. The fourth-order valence-electron chi connectivity index (χ4n) is 0.791. The van der Waals surface area contributed by atoms with Gasteiger partial charge in [-0.05, 0) is 0 Å². The van der Waals surface area contributed by atoms with E-state index in [2.05, 4.69) is 4.98 Å². The van der Waals surface area contributed by atoms with E-state index >= 15 is 0 Å². The van der Waals surface area contributed by atoms with E-state index in [9.17, 15) is 0 Å². The van der Waals surface area contributed by atoms with Crippen molar-refractivity contribution in [1.29, 1.82) is 0 Å². The Morgan fingerprint density at radius 2 is 2.56 bits per heavy atom. The van der Waals surface area contributed by atoms with E-state index < -0.39 is 0 Å². The summed E-state index contributed by atoms with van der Waals surface area (Å²) in [5.74, 6) is 1.05. The van der Waals surface area contributed by atoms with E-state index in [1.165, 1.54) is 0 Å². The topological polar surface area (TPSA) is 39.9 Å². The number of aromatic nitrogens is 2. The lowest BCUT2D eigenvalue weighted by Crippen LogP contribution is -2.30. The fraction of sp³-hybridized carbons (Fsp3) is 0.500. The predicted molar refractivity (Wildman–Crippen MR) is 32.8 cm³/mol. The number of aryl methyl sites for hydroxylation is 1. The largest absolute Gasteiger partial charge is 0.396 e. The second kappa shape index (κ2) is 2.64. The number of H-pyrrole nitrogens is 1. The summed E-state index contributed by atoms with van der Waals surface area (Å²) < 4.78 is 1.95. The first kappa shape index (κ1) is 6.29. The van der Waals surface area contributed by atoms with Crippen LogP contribution >= 0.6 is 0 Å². The van der Waals surface area contributed by atoms with Crippen molar-refractivity contribution in [3.05, 3.63) is 18.2 Å². The number of nitrogens with zero attached hydrogens (tertiary/aromatic N) is 1. The molecule has 0 bridgehead atoms. The Kier molecular flexibility index (Phi) is 1.85. The van der Waals surface area contributed by atoms with E-state index in [-0.39, 0.29) is 6.61 Å². The van der Waals surface area contributed by atoms with Crippen molar-refractivity contribution in [3.63, 3.8) is 0 Å². The van der Waals surface area contributed by atoms with Crippen molar-refractivity contribution >= 4 is 0 Å². The fourth-order valence-corrected chi connectivity index (χ4v) is 0.791. The molecule has 0 radical (unpaired) electrons. The van der Waals surface area contributed by atoms with Crippen LogP contribution in [0.25, 0.3) is 0 Å². The molecule has 3 nitrogen and oxygen atoms in total. The van der Waals surface area contributed by atoms with Crippen LogP contribution in [0.1, 0.15) is 5.82 Å². The summed E-state index contributed by atoms with van der Waals surface area (Å²) in [4.78, 5) is 3.01. The van der Waals surface area contributed by atoms with Crippen LogP contribution < -0.4 is 4.57 Å². The predicted octanol–water partition coefficient (Wildman–Crippen LogP) is -0.626. The number of hydrogen-bond donors (Lipinski definition) is 2. The van der Waals surface area contributed by atoms with Gasteiger partial charge in [0.25, 0.3) is 5.82 Å². The minimum atomic E-state index is 0.203. The van der Waals surface area contributed by atoms with Crippen LogP contribution in [0.3, 0.4) is 0 Å². The van der Waals surface area contributed by atoms with Gasteiger partial charge in [-0.25, -0.2) is 9.55 Å². The molecule has 0 spiro atoms. The number of hydrogen-bond acceptors (Lipinski definition) is 1. The average molecular weight is 127 g/mol. The van der Waals surface area contributed by atoms with Crippen LogP contribution in [-0.4, -0.2) is 16.7 Å². The van der Waals surface area contributed by atoms with Crippen molar-refractivity contribution in [2.45, 2.75) is 6.42 Å². The molecule has 1 aromatic heterocycles. The average Bonchev–Trinajstić information content (AvgIpc) is 2.18. The molecule has 0 atom stereocenters. The third-order valence-electron chi connectivity index (χ3n) is 1.32. The monoisotopic (exact) mass is 127 g/mol. The van der Waals surface area contributed by atoms with Crippen LogP contribution in [0.4, 0.5) is 0 Å². The zero-order valence-corrected chi connectivity index (χ0v) is 5.46. The van der Waals surface area contributed by atoms with Crippen molar-refractivity contribution in [2.75, 3.05) is 6.61 Å². The second-order valence-electron chi connectivity index (χ2n) is 1.99. The summed E-state index contributed by atoms with van der Waals surface area (Å²) in [6.07, 6.45) is 4.47. The van der Waals surface area contributed by atoms with Gasteiger partial charge in [0.15, 0.2) is 0 Å². The van der Waals surface area contributed by atoms with Gasteiger partial charge in [0.1, 0.15) is 12.4 Å². The summed E-state index contributed by atoms with van der Waals surface area (Å²) in [6, 6.07) is 0. The third-order valence-corrected chi connectivity index (χ3v) is 1.32. The molecule has 1 heterocycles. The number of aliphatic hydroxyl groups excluding tert-OH is 1. The molecular formula is C6H11N2O+. The normalized spacial score (nSPS) is 10.0. The molecule has 0 saturated heterocycles. The molecule has 0 amide bonds. The van der Waals surface area contributed by atoms with E-state index in [1.54, 1.807) is 0 Å². The van der Waals surface area contributed by atoms with Gasteiger partial charge in [-0.1, -0.05) is 0 Å². The van der Waals surface area contributed by atoms with Gasteiger partial charge in [-0.2, -0.15) is 0 Å². The molecule has 0 aliphatic heterocycles. The quantitative estimate of drug-likeness (QED) is 0.510. The lowest BCUT2D eigenvalue weighted by molar-refractivity contribution is -0.677. The molecule has 3 heteroatoms.